The smallest absolute Gasteiger partial charge is 0.407 e. The number of benzene rings is 1. The van der Waals surface area contributed by atoms with Crippen LogP contribution in [-0.2, 0) is 11.2 Å². The minimum atomic E-state index is -0.487. The fourth-order valence-corrected chi connectivity index (χ4v) is 3.06. The second-order valence-electron chi connectivity index (χ2n) is 7.73. The van der Waals surface area contributed by atoms with Crippen LogP contribution in [0.4, 0.5) is 10.5 Å². The van der Waals surface area contributed by atoms with Crippen molar-refractivity contribution >= 4 is 41.7 Å². The van der Waals surface area contributed by atoms with Crippen LogP contribution in [0.2, 0.25) is 0 Å². The van der Waals surface area contributed by atoms with Crippen molar-refractivity contribution in [1.82, 2.24) is 16.0 Å². The molecule has 1 atom stereocenters. The maximum atomic E-state index is 11.6. The van der Waals surface area contributed by atoms with Crippen LogP contribution in [0.1, 0.15) is 33.3 Å². The number of anilines is 1. The molecule has 1 unspecified atom stereocenters. The Kier molecular flexibility index (Phi) is 9.84. The van der Waals surface area contributed by atoms with Crippen molar-refractivity contribution in [1.29, 1.82) is 0 Å². The highest BCUT2D eigenvalue weighted by atomic mass is 127. The lowest BCUT2D eigenvalue weighted by molar-refractivity contribution is 0.0529. The lowest BCUT2D eigenvalue weighted by atomic mass is 10.2. The van der Waals surface area contributed by atoms with Gasteiger partial charge in [-0.3, -0.25) is 4.99 Å². The molecule has 0 bridgehead atoms. The number of carbonyl (C=O) groups excluding carboxylic acids is 1. The third-order valence-corrected chi connectivity index (χ3v) is 4.33. The summed E-state index contributed by atoms with van der Waals surface area (Å²) in [5, 5.41) is 9.28. The third-order valence-electron chi connectivity index (χ3n) is 4.33. The molecule has 158 valence electrons. The van der Waals surface area contributed by atoms with E-state index in [-0.39, 0.29) is 24.0 Å². The van der Waals surface area contributed by atoms with E-state index in [4.69, 9.17) is 4.74 Å². The summed E-state index contributed by atoms with van der Waals surface area (Å²) in [6.45, 7) is 10.6. The minimum absolute atomic E-state index is 0. The van der Waals surface area contributed by atoms with Crippen molar-refractivity contribution in [2.45, 2.75) is 45.8 Å². The molecule has 0 saturated carbocycles. The van der Waals surface area contributed by atoms with Crippen molar-refractivity contribution in [3.8, 4) is 0 Å². The van der Waals surface area contributed by atoms with Crippen molar-refractivity contribution in [3.63, 3.8) is 0 Å². The largest absolute Gasteiger partial charge is 0.444 e. The molecule has 1 amide bonds. The lowest BCUT2D eigenvalue weighted by Gasteiger charge is -2.28. The number of aliphatic imine (C=N–C) groups is 1. The summed E-state index contributed by atoms with van der Waals surface area (Å²) in [5.41, 5.74) is 2.26. The van der Waals surface area contributed by atoms with E-state index in [1.54, 1.807) is 7.05 Å². The van der Waals surface area contributed by atoms with Crippen LogP contribution >= 0.6 is 24.0 Å². The summed E-state index contributed by atoms with van der Waals surface area (Å²) in [6, 6.07) is 8.94. The molecule has 1 aliphatic heterocycles. The number of guanidine groups is 1. The quantitative estimate of drug-likeness (QED) is 0.241. The number of amides is 1. The van der Waals surface area contributed by atoms with Gasteiger partial charge in [-0.1, -0.05) is 18.2 Å². The summed E-state index contributed by atoms with van der Waals surface area (Å²) in [4.78, 5) is 18.3. The van der Waals surface area contributed by atoms with E-state index in [1.165, 1.54) is 11.3 Å². The first kappa shape index (κ1) is 24.3. The van der Waals surface area contributed by atoms with Crippen LogP contribution < -0.4 is 20.9 Å². The van der Waals surface area contributed by atoms with Crippen molar-refractivity contribution < 1.29 is 9.53 Å². The van der Waals surface area contributed by atoms with Gasteiger partial charge < -0.3 is 25.6 Å². The van der Waals surface area contributed by atoms with Gasteiger partial charge in [0.1, 0.15) is 5.60 Å². The molecule has 2 rings (SSSR count). The Morgan fingerprint density at radius 1 is 1.21 bits per heavy atom. The van der Waals surface area contributed by atoms with E-state index in [0.29, 0.717) is 19.1 Å². The molecular weight excluding hydrogens is 469 g/mol. The van der Waals surface area contributed by atoms with Crippen molar-refractivity contribution in [3.05, 3.63) is 29.8 Å². The van der Waals surface area contributed by atoms with Gasteiger partial charge >= 0.3 is 6.09 Å². The average molecular weight is 503 g/mol. The van der Waals surface area contributed by atoms with Crippen LogP contribution in [0, 0.1) is 0 Å². The fraction of sp³-hybridized carbons (Fsp3) is 0.600. The predicted molar refractivity (Wildman–Crippen MR) is 126 cm³/mol. The number of alkyl carbamates (subject to hydrolysis) is 1. The highest BCUT2D eigenvalue weighted by Gasteiger charge is 2.22. The highest BCUT2D eigenvalue weighted by Crippen LogP contribution is 2.28. The molecule has 0 saturated heterocycles. The molecule has 0 radical (unpaired) electrons. The zero-order valence-corrected chi connectivity index (χ0v) is 19.9. The fourth-order valence-electron chi connectivity index (χ4n) is 3.06. The molecule has 1 aliphatic rings. The first-order valence-electron chi connectivity index (χ1n) is 9.56. The third kappa shape index (κ3) is 7.73. The molecule has 3 N–H and O–H groups in total. The van der Waals surface area contributed by atoms with Crippen LogP contribution in [0.15, 0.2) is 29.3 Å². The molecule has 0 aliphatic carbocycles. The minimum Gasteiger partial charge on any atom is -0.444 e. The Labute approximate surface area is 185 Å². The molecule has 1 aromatic rings. The zero-order chi connectivity index (χ0) is 19.9. The van der Waals surface area contributed by atoms with Crippen LogP contribution in [0.5, 0.6) is 0 Å². The summed E-state index contributed by atoms with van der Waals surface area (Å²) >= 11 is 0. The normalized spacial score (nSPS) is 14.6. The number of halogens is 1. The summed E-state index contributed by atoms with van der Waals surface area (Å²) in [5.74, 6) is 0.723. The molecule has 1 heterocycles. The molecule has 0 fully saturated rings. The van der Waals surface area contributed by atoms with Crippen LogP contribution in [0.25, 0.3) is 0 Å². The summed E-state index contributed by atoms with van der Waals surface area (Å²) < 4.78 is 5.21. The molecule has 1 aromatic carbocycles. The number of para-hydroxylation sites is 1. The van der Waals surface area contributed by atoms with Crippen molar-refractivity contribution in [2.75, 3.05) is 38.1 Å². The standard InChI is InChI=1S/C20H33N5O2.HI/c1-15(25-13-10-16-8-6-7-9-17(16)25)14-24-18(21-5)22-11-12-23-19(26)27-20(2,3)4;/h6-9,15H,10-14H2,1-5H3,(H,23,26)(H2,21,22,24);1H. The van der Waals surface area contributed by atoms with Gasteiger partial charge in [-0.15, -0.1) is 24.0 Å². The zero-order valence-electron chi connectivity index (χ0n) is 17.5. The van der Waals surface area contributed by atoms with Gasteiger partial charge in [0.05, 0.1) is 0 Å². The molecule has 8 heteroatoms. The van der Waals surface area contributed by atoms with Gasteiger partial charge in [-0.2, -0.15) is 0 Å². The van der Waals surface area contributed by atoms with E-state index in [0.717, 1.165) is 25.5 Å². The SMILES string of the molecule is CN=C(NCCNC(=O)OC(C)(C)C)NCC(C)N1CCc2ccccc21.I. The maximum Gasteiger partial charge on any atom is 0.407 e. The van der Waals surface area contributed by atoms with E-state index >= 15 is 0 Å². The monoisotopic (exact) mass is 503 g/mol. The van der Waals surface area contributed by atoms with Crippen LogP contribution in [-0.4, -0.2) is 56.9 Å². The number of nitrogens with zero attached hydrogens (tertiary/aromatic N) is 2. The molecule has 0 aromatic heterocycles. The van der Waals surface area contributed by atoms with Gasteiger partial charge in [0.2, 0.25) is 0 Å². The van der Waals surface area contributed by atoms with Gasteiger partial charge in [0.15, 0.2) is 5.96 Å². The Hall–Kier alpha value is -1.71. The number of fused-ring (bicyclic) bond motifs is 1. The Bertz CT molecular complexity index is 660. The summed E-state index contributed by atoms with van der Waals surface area (Å²) in [6.07, 6.45) is 0.692. The molecule has 28 heavy (non-hydrogen) atoms. The van der Waals surface area contributed by atoms with Gasteiger partial charge in [-0.05, 0) is 45.7 Å². The predicted octanol–water partition coefficient (Wildman–Crippen LogP) is 2.75. The molecule has 0 spiro atoms. The number of hydrogen-bond donors (Lipinski definition) is 3. The van der Waals surface area contributed by atoms with Gasteiger partial charge in [-0.25, -0.2) is 4.79 Å². The number of rotatable bonds is 6. The number of nitrogens with one attached hydrogen (secondary N) is 3. The van der Waals surface area contributed by atoms with Crippen LogP contribution in [0.3, 0.4) is 0 Å². The van der Waals surface area contributed by atoms with E-state index < -0.39 is 11.7 Å². The van der Waals surface area contributed by atoms with Crippen molar-refractivity contribution in [2.24, 2.45) is 4.99 Å². The maximum absolute atomic E-state index is 11.6. The summed E-state index contributed by atoms with van der Waals surface area (Å²) in [7, 11) is 1.74. The topological polar surface area (TPSA) is 78.0 Å². The number of carbonyl (C=O) groups is 1. The van der Waals surface area contributed by atoms with E-state index in [2.05, 4.69) is 57.0 Å². The van der Waals surface area contributed by atoms with Gasteiger partial charge in [0, 0.05) is 45.0 Å². The Morgan fingerprint density at radius 3 is 2.57 bits per heavy atom. The number of hydrogen-bond acceptors (Lipinski definition) is 4. The van der Waals surface area contributed by atoms with E-state index in [9.17, 15) is 4.79 Å². The Balaban J connectivity index is 0.00000392. The van der Waals surface area contributed by atoms with E-state index in [1.807, 2.05) is 20.8 Å². The average Bonchev–Trinajstić information content (AvgIpc) is 3.03. The first-order chi connectivity index (χ1) is 12.8. The Morgan fingerprint density at radius 2 is 1.89 bits per heavy atom. The lowest BCUT2D eigenvalue weighted by Crippen LogP contribution is -2.47. The molecular formula is C20H34IN5O2. The second-order valence-corrected chi connectivity index (χ2v) is 7.73. The first-order valence-corrected chi connectivity index (χ1v) is 9.56. The second kappa shape index (κ2) is 11.3. The molecule has 7 nitrogen and oxygen atoms in total. The highest BCUT2D eigenvalue weighted by molar-refractivity contribution is 14.0. The van der Waals surface area contributed by atoms with Gasteiger partial charge in [0.25, 0.3) is 0 Å². The number of ether oxygens (including phenoxy) is 1.